The van der Waals surface area contributed by atoms with E-state index in [9.17, 15) is 5.11 Å². The normalized spacial score (nSPS) is 31.0. The number of thioether (sulfide) groups is 1. The van der Waals surface area contributed by atoms with Crippen LogP contribution in [0.2, 0.25) is 0 Å². The standard InChI is InChI=1S/C9H19NOS/c1-7-4-12-5-8(7)10-6-9(2,3)11/h7-8,10-11H,4-6H2,1-3H3. The van der Waals surface area contributed by atoms with E-state index in [2.05, 4.69) is 12.2 Å². The van der Waals surface area contributed by atoms with Gasteiger partial charge in [0.2, 0.25) is 0 Å². The summed E-state index contributed by atoms with van der Waals surface area (Å²) in [5, 5.41) is 12.9. The molecule has 0 aromatic carbocycles. The van der Waals surface area contributed by atoms with Crippen LogP contribution in [0.1, 0.15) is 20.8 Å². The minimum absolute atomic E-state index is 0.576. The van der Waals surface area contributed by atoms with Gasteiger partial charge in [0.15, 0.2) is 0 Å². The predicted molar refractivity (Wildman–Crippen MR) is 54.6 cm³/mol. The second-order valence-corrected chi connectivity index (χ2v) is 5.39. The lowest BCUT2D eigenvalue weighted by atomic mass is 10.0. The topological polar surface area (TPSA) is 32.3 Å². The second-order valence-electron chi connectivity index (χ2n) is 4.31. The molecule has 1 rings (SSSR count). The Labute approximate surface area is 79.1 Å². The molecule has 3 heteroatoms. The molecule has 0 aliphatic carbocycles. The van der Waals surface area contributed by atoms with Gasteiger partial charge in [-0.1, -0.05) is 6.92 Å². The minimum atomic E-state index is -0.576. The number of hydrogen-bond donors (Lipinski definition) is 2. The van der Waals surface area contributed by atoms with E-state index in [0.29, 0.717) is 12.6 Å². The van der Waals surface area contributed by atoms with Crippen molar-refractivity contribution in [1.82, 2.24) is 5.32 Å². The van der Waals surface area contributed by atoms with E-state index in [1.54, 1.807) is 0 Å². The van der Waals surface area contributed by atoms with Gasteiger partial charge >= 0.3 is 0 Å². The van der Waals surface area contributed by atoms with Gasteiger partial charge in [-0.25, -0.2) is 0 Å². The highest BCUT2D eigenvalue weighted by molar-refractivity contribution is 7.99. The van der Waals surface area contributed by atoms with E-state index in [1.165, 1.54) is 11.5 Å². The van der Waals surface area contributed by atoms with Gasteiger partial charge < -0.3 is 10.4 Å². The highest BCUT2D eigenvalue weighted by Crippen LogP contribution is 2.23. The average molecular weight is 189 g/mol. The first-order valence-corrected chi connectivity index (χ1v) is 5.68. The number of aliphatic hydroxyl groups is 1. The average Bonchev–Trinajstić information content (AvgIpc) is 2.29. The lowest BCUT2D eigenvalue weighted by Gasteiger charge is -2.23. The van der Waals surface area contributed by atoms with Gasteiger partial charge in [0.1, 0.15) is 0 Å². The molecule has 2 N–H and O–H groups in total. The molecule has 0 spiro atoms. The van der Waals surface area contributed by atoms with Crippen LogP contribution < -0.4 is 5.32 Å². The highest BCUT2D eigenvalue weighted by atomic mass is 32.2. The summed E-state index contributed by atoms with van der Waals surface area (Å²) in [6.45, 7) is 6.64. The van der Waals surface area contributed by atoms with Crippen molar-refractivity contribution < 1.29 is 5.11 Å². The molecular formula is C9H19NOS. The third-order valence-corrected chi connectivity index (χ3v) is 3.52. The van der Waals surface area contributed by atoms with E-state index < -0.39 is 5.60 Å². The Kier molecular flexibility index (Phi) is 3.44. The summed E-state index contributed by atoms with van der Waals surface area (Å²) in [5.74, 6) is 3.19. The van der Waals surface area contributed by atoms with Crippen molar-refractivity contribution in [2.45, 2.75) is 32.4 Å². The Morgan fingerprint density at radius 3 is 2.58 bits per heavy atom. The second kappa shape index (κ2) is 3.99. The van der Waals surface area contributed by atoms with Gasteiger partial charge in [-0.3, -0.25) is 0 Å². The molecule has 0 aromatic heterocycles. The summed E-state index contributed by atoms with van der Waals surface area (Å²) >= 11 is 2.00. The first kappa shape index (κ1) is 10.4. The van der Waals surface area contributed by atoms with Crippen LogP contribution >= 0.6 is 11.8 Å². The third-order valence-electron chi connectivity index (χ3n) is 2.16. The van der Waals surface area contributed by atoms with Gasteiger partial charge in [-0.05, 0) is 25.5 Å². The summed E-state index contributed by atoms with van der Waals surface area (Å²) < 4.78 is 0. The van der Waals surface area contributed by atoms with Gasteiger partial charge in [-0.15, -0.1) is 0 Å². The zero-order valence-electron chi connectivity index (χ0n) is 8.13. The Morgan fingerprint density at radius 2 is 2.17 bits per heavy atom. The summed E-state index contributed by atoms with van der Waals surface area (Å²) in [5.41, 5.74) is -0.576. The van der Waals surface area contributed by atoms with E-state index in [0.717, 1.165) is 5.92 Å². The van der Waals surface area contributed by atoms with Crippen LogP contribution in [-0.2, 0) is 0 Å². The first-order valence-electron chi connectivity index (χ1n) is 4.52. The summed E-state index contributed by atoms with van der Waals surface area (Å²) in [4.78, 5) is 0. The molecule has 2 nitrogen and oxygen atoms in total. The molecule has 12 heavy (non-hydrogen) atoms. The fourth-order valence-corrected chi connectivity index (χ4v) is 2.74. The van der Waals surface area contributed by atoms with Crippen molar-refractivity contribution in [2.75, 3.05) is 18.1 Å². The quantitative estimate of drug-likeness (QED) is 0.697. The number of hydrogen-bond acceptors (Lipinski definition) is 3. The largest absolute Gasteiger partial charge is 0.389 e. The van der Waals surface area contributed by atoms with Crippen LogP contribution in [0.3, 0.4) is 0 Å². The molecule has 0 saturated carbocycles. The Balaban J connectivity index is 2.23. The lowest BCUT2D eigenvalue weighted by molar-refractivity contribution is 0.0758. The van der Waals surface area contributed by atoms with Crippen molar-refractivity contribution in [3.63, 3.8) is 0 Å². The molecule has 1 aliphatic heterocycles. The van der Waals surface area contributed by atoms with Crippen molar-refractivity contribution in [3.05, 3.63) is 0 Å². The Morgan fingerprint density at radius 1 is 1.50 bits per heavy atom. The molecule has 0 amide bonds. The molecule has 0 bridgehead atoms. The lowest BCUT2D eigenvalue weighted by Crippen LogP contribution is -2.43. The molecule has 0 aromatic rings. The van der Waals surface area contributed by atoms with E-state index in [-0.39, 0.29) is 0 Å². The van der Waals surface area contributed by atoms with Crippen LogP contribution in [0.15, 0.2) is 0 Å². The molecule has 0 radical (unpaired) electrons. The van der Waals surface area contributed by atoms with Gasteiger partial charge in [-0.2, -0.15) is 11.8 Å². The van der Waals surface area contributed by atoms with Crippen molar-refractivity contribution in [2.24, 2.45) is 5.92 Å². The molecule has 1 aliphatic rings. The Hall–Kier alpha value is 0.270. The van der Waals surface area contributed by atoms with Crippen molar-refractivity contribution in [3.8, 4) is 0 Å². The smallest absolute Gasteiger partial charge is 0.0715 e. The van der Waals surface area contributed by atoms with Crippen LogP contribution in [0, 0.1) is 5.92 Å². The van der Waals surface area contributed by atoms with Gasteiger partial charge in [0.25, 0.3) is 0 Å². The maximum absolute atomic E-state index is 9.49. The fraction of sp³-hybridized carbons (Fsp3) is 1.00. The molecular weight excluding hydrogens is 170 g/mol. The fourth-order valence-electron chi connectivity index (χ4n) is 1.30. The SMILES string of the molecule is CC1CSCC1NCC(C)(C)O. The monoisotopic (exact) mass is 189 g/mol. The molecule has 1 heterocycles. The van der Waals surface area contributed by atoms with Gasteiger partial charge in [0.05, 0.1) is 5.60 Å². The van der Waals surface area contributed by atoms with E-state index in [1.807, 2.05) is 25.6 Å². The molecule has 72 valence electrons. The molecule has 1 saturated heterocycles. The van der Waals surface area contributed by atoms with Crippen molar-refractivity contribution >= 4 is 11.8 Å². The summed E-state index contributed by atoms with van der Waals surface area (Å²) in [6, 6.07) is 0.599. The zero-order valence-corrected chi connectivity index (χ0v) is 8.95. The van der Waals surface area contributed by atoms with E-state index in [4.69, 9.17) is 0 Å². The first-order chi connectivity index (χ1) is 5.49. The Bertz CT molecular complexity index is 144. The number of rotatable bonds is 3. The van der Waals surface area contributed by atoms with E-state index >= 15 is 0 Å². The summed E-state index contributed by atoms with van der Waals surface area (Å²) in [6.07, 6.45) is 0. The maximum Gasteiger partial charge on any atom is 0.0715 e. The van der Waals surface area contributed by atoms with Crippen molar-refractivity contribution in [1.29, 1.82) is 0 Å². The molecule has 1 fully saturated rings. The maximum atomic E-state index is 9.49. The van der Waals surface area contributed by atoms with Crippen LogP contribution in [-0.4, -0.2) is 34.8 Å². The number of nitrogens with one attached hydrogen (secondary N) is 1. The minimum Gasteiger partial charge on any atom is -0.389 e. The predicted octanol–water partition coefficient (Wildman–Crippen LogP) is 1.10. The summed E-state index contributed by atoms with van der Waals surface area (Å²) in [7, 11) is 0. The van der Waals surface area contributed by atoms with Crippen LogP contribution in [0.4, 0.5) is 0 Å². The highest BCUT2D eigenvalue weighted by Gasteiger charge is 2.25. The molecule has 2 unspecified atom stereocenters. The third kappa shape index (κ3) is 3.33. The molecule has 2 atom stereocenters. The van der Waals surface area contributed by atoms with Crippen LogP contribution in [0.25, 0.3) is 0 Å². The van der Waals surface area contributed by atoms with Crippen LogP contribution in [0.5, 0.6) is 0 Å². The van der Waals surface area contributed by atoms with Gasteiger partial charge in [0, 0.05) is 18.3 Å². The zero-order chi connectivity index (χ0) is 9.19.